The molecule has 1 saturated heterocycles. The van der Waals surface area contributed by atoms with Gasteiger partial charge in [0.25, 0.3) is 0 Å². The van der Waals surface area contributed by atoms with Crippen molar-refractivity contribution in [3.8, 4) is 5.75 Å². The number of methoxy groups -OCH3 is 1. The van der Waals surface area contributed by atoms with Crippen molar-refractivity contribution in [2.45, 2.75) is 18.4 Å². The van der Waals surface area contributed by atoms with Gasteiger partial charge in [-0.1, -0.05) is 6.07 Å². The molecule has 0 bridgehead atoms. The zero-order valence-corrected chi connectivity index (χ0v) is 10.8. The summed E-state index contributed by atoms with van der Waals surface area (Å²) in [5.41, 5.74) is 5.94. The highest BCUT2D eigenvalue weighted by Crippen LogP contribution is 2.36. The highest BCUT2D eigenvalue weighted by molar-refractivity contribution is 5.65. The van der Waals surface area contributed by atoms with Crippen molar-refractivity contribution >= 4 is 11.8 Å². The summed E-state index contributed by atoms with van der Waals surface area (Å²) in [7, 11) is 1.52. The fourth-order valence-electron chi connectivity index (χ4n) is 2.36. The number of carbonyl (C=O) groups is 1. The Bertz CT molecular complexity index is 482. The van der Waals surface area contributed by atoms with E-state index in [1.54, 1.807) is 18.2 Å². The lowest BCUT2D eigenvalue weighted by Crippen LogP contribution is -2.44. The minimum Gasteiger partial charge on any atom is -0.495 e. The molecular formula is C13H18N2O4. The molecule has 0 atom stereocenters. The third-order valence-corrected chi connectivity index (χ3v) is 3.63. The summed E-state index contributed by atoms with van der Waals surface area (Å²) in [6, 6.07) is 5.16. The van der Waals surface area contributed by atoms with Gasteiger partial charge in [-0.05, 0) is 30.5 Å². The molecule has 1 aromatic carbocycles. The smallest absolute Gasteiger partial charge is 0.407 e. The number of hydrogen-bond acceptors (Lipinski definition) is 4. The van der Waals surface area contributed by atoms with Gasteiger partial charge in [-0.25, -0.2) is 4.79 Å². The highest BCUT2D eigenvalue weighted by Gasteiger charge is 2.35. The molecule has 1 fully saturated rings. The van der Waals surface area contributed by atoms with Crippen molar-refractivity contribution in [1.82, 2.24) is 4.90 Å². The number of nitrogen functional groups attached to an aromatic ring is 1. The average Bonchev–Trinajstić information content (AvgIpc) is 2.39. The van der Waals surface area contributed by atoms with Gasteiger partial charge >= 0.3 is 6.09 Å². The van der Waals surface area contributed by atoms with Gasteiger partial charge in [-0.15, -0.1) is 0 Å². The number of ether oxygens (including phenoxy) is 1. The van der Waals surface area contributed by atoms with Crippen LogP contribution in [0.1, 0.15) is 18.4 Å². The number of likely N-dealkylation sites (tertiary alicyclic amines) is 1. The number of carboxylic acid groups (broad SMARTS) is 1. The maximum absolute atomic E-state index is 10.9. The number of rotatable bonds is 2. The molecule has 104 valence electrons. The predicted octanol–water partition coefficient (Wildman–Crippen LogP) is 1.24. The van der Waals surface area contributed by atoms with E-state index < -0.39 is 11.7 Å². The van der Waals surface area contributed by atoms with E-state index in [4.69, 9.17) is 15.6 Å². The van der Waals surface area contributed by atoms with Crippen LogP contribution in [0.25, 0.3) is 0 Å². The van der Waals surface area contributed by atoms with Gasteiger partial charge in [0, 0.05) is 13.1 Å². The average molecular weight is 266 g/mol. The molecule has 6 heteroatoms. The molecule has 6 nitrogen and oxygen atoms in total. The van der Waals surface area contributed by atoms with Gasteiger partial charge in [0.2, 0.25) is 0 Å². The van der Waals surface area contributed by atoms with Crippen LogP contribution in [0.2, 0.25) is 0 Å². The van der Waals surface area contributed by atoms with E-state index in [2.05, 4.69) is 0 Å². The van der Waals surface area contributed by atoms with Gasteiger partial charge in [-0.2, -0.15) is 0 Å². The lowest BCUT2D eigenvalue weighted by molar-refractivity contribution is -0.0214. The number of benzene rings is 1. The molecule has 1 aliphatic rings. The van der Waals surface area contributed by atoms with Crippen molar-refractivity contribution < 1.29 is 19.7 Å². The van der Waals surface area contributed by atoms with E-state index in [-0.39, 0.29) is 0 Å². The summed E-state index contributed by atoms with van der Waals surface area (Å²) < 4.78 is 5.14. The predicted molar refractivity (Wildman–Crippen MR) is 70.1 cm³/mol. The number of aliphatic hydroxyl groups is 1. The zero-order valence-electron chi connectivity index (χ0n) is 10.8. The van der Waals surface area contributed by atoms with Crippen molar-refractivity contribution in [2.24, 2.45) is 0 Å². The molecule has 1 amide bonds. The quantitative estimate of drug-likeness (QED) is 0.700. The third kappa shape index (κ3) is 2.58. The topological polar surface area (TPSA) is 96.0 Å². The standard InChI is InChI=1S/C13H18N2O4/c1-19-11-8-9(2-3-10(11)14)13(18)4-6-15(7-5-13)12(16)17/h2-3,8,18H,4-7,14H2,1H3,(H,16,17). The Hall–Kier alpha value is -1.95. The summed E-state index contributed by atoms with van der Waals surface area (Å²) in [6.07, 6.45) is -0.212. The highest BCUT2D eigenvalue weighted by atomic mass is 16.5. The first kappa shape index (κ1) is 13.5. The molecule has 0 unspecified atom stereocenters. The Labute approximate surface area is 111 Å². The first-order chi connectivity index (χ1) is 8.96. The monoisotopic (exact) mass is 266 g/mol. The minimum atomic E-state index is -1.02. The van der Waals surface area contributed by atoms with Crippen LogP contribution in [0.15, 0.2) is 18.2 Å². The molecular weight excluding hydrogens is 248 g/mol. The van der Waals surface area contributed by atoms with E-state index >= 15 is 0 Å². The number of nitrogens with zero attached hydrogens (tertiary/aromatic N) is 1. The van der Waals surface area contributed by atoms with Crippen LogP contribution in [0.4, 0.5) is 10.5 Å². The SMILES string of the molecule is COc1cc(C2(O)CCN(C(=O)O)CC2)ccc1N. The molecule has 0 spiro atoms. The second-order valence-corrected chi connectivity index (χ2v) is 4.76. The molecule has 1 aromatic rings. The van der Waals surface area contributed by atoms with Crippen molar-refractivity contribution in [2.75, 3.05) is 25.9 Å². The van der Waals surface area contributed by atoms with Gasteiger partial charge < -0.3 is 25.6 Å². The molecule has 0 radical (unpaired) electrons. The second-order valence-electron chi connectivity index (χ2n) is 4.76. The Morgan fingerprint density at radius 3 is 2.58 bits per heavy atom. The van der Waals surface area contributed by atoms with E-state index in [0.29, 0.717) is 42.9 Å². The third-order valence-electron chi connectivity index (χ3n) is 3.63. The number of anilines is 1. The van der Waals surface area contributed by atoms with Crippen LogP contribution < -0.4 is 10.5 Å². The van der Waals surface area contributed by atoms with E-state index in [9.17, 15) is 9.90 Å². The van der Waals surface area contributed by atoms with Crippen LogP contribution >= 0.6 is 0 Å². The summed E-state index contributed by atoms with van der Waals surface area (Å²) in [6.45, 7) is 0.636. The summed E-state index contributed by atoms with van der Waals surface area (Å²) >= 11 is 0. The minimum absolute atomic E-state index is 0.318. The fourth-order valence-corrected chi connectivity index (χ4v) is 2.36. The largest absolute Gasteiger partial charge is 0.495 e. The van der Waals surface area contributed by atoms with E-state index in [1.165, 1.54) is 12.0 Å². The lowest BCUT2D eigenvalue weighted by atomic mass is 9.84. The van der Waals surface area contributed by atoms with Crippen LogP contribution in [0, 0.1) is 0 Å². The first-order valence-electron chi connectivity index (χ1n) is 6.10. The Kier molecular flexibility index (Phi) is 3.53. The van der Waals surface area contributed by atoms with Crippen molar-refractivity contribution in [1.29, 1.82) is 0 Å². The molecule has 4 N–H and O–H groups in total. The first-order valence-corrected chi connectivity index (χ1v) is 6.10. The van der Waals surface area contributed by atoms with Crippen LogP contribution in [0.5, 0.6) is 5.75 Å². The molecule has 0 aliphatic carbocycles. The van der Waals surface area contributed by atoms with E-state index in [1.807, 2.05) is 0 Å². The van der Waals surface area contributed by atoms with Crippen molar-refractivity contribution in [3.63, 3.8) is 0 Å². The zero-order chi connectivity index (χ0) is 14.0. The Morgan fingerprint density at radius 1 is 1.42 bits per heavy atom. The Balaban J connectivity index is 2.20. The lowest BCUT2D eigenvalue weighted by Gasteiger charge is -2.37. The summed E-state index contributed by atoms with van der Waals surface area (Å²) in [4.78, 5) is 12.2. The van der Waals surface area contributed by atoms with Crippen LogP contribution in [-0.2, 0) is 5.60 Å². The molecule has 1 heterocycles. The molecule has 2 rings (SSSR count). The summed E-state index contributed by atoms with van der Waals surface area (Å²) in [5.74, 6) is 0.520. The maximum atomic E-state index is 10.9. The summed E-state index contributed by atoms with van der Waals surface area (Å²) in [5, 5.41) is 19.5. The normalized spacial score (nSPS) is 18.1. The number of nitrogens with two attached hydrogens (primary N) is 1. The number of amides is 1. The van der Waals surface area contributed by atoms with E-state index in [0.717, 1.165) is 0 Å². The fraction of sp³-hybridized carbons (Fsp3) is 0.462. The molecule has 19 heavy (non-hydrogen) atoms. The molecule has 0 aromatic heterocycles. The number of hydrogen-bond donors (Lipinski definition) is 3. The van der Waals surface area contributed by atoms with Crippen molar-refractivity contribution in [3.05, 3.63) is 23.8 Å². The second kappa shape index (κ2) is 4.97. The molecule has 1 aliphatic heterocycles. The van der Waals surface area contributed by atoms with Crippen LogP contribution in [0.3, 0.4) is 0 Å². The molecule has 0 saturated carbocycles. The Morgan fingerprint density at radius 2 is 2.05 bits per heavy atom. The van der Waals surface area contributed by atoms with Gasteiger partial charge in [-0.3, -0.25) is 0 Å². The van der Waals surface area contributed by atoms with Gasteiger partial charge in [0.1, 0.15) is 5.75 Å². The maximum Gasteiger partial charge on any atom is 0.407 e. The van der Waals surface area contributed by atoms with Gasteiger partial charge in [0.05, 0.1) is 18.4 Å². The number of piperidine rings is 1. The van der Waals surface area contributed by atoms with Crippen LogP contribution in [-0.4, -0.2) is 41.4 Å². The van der Waals surface area contributed by atoms with Gasteiger partial charge in [0.15, 0.2) is 0 Å².